The quantitative estimate of drug-likeness (QED) is 0.799. The van der Waals surface area contributed by atoms with Crippen molar-refractivity contribution < 1.29 is 32.0 Å². The highest BCUT2D eigenvalue weighted by molar-refractivity contribution is 7.91. The van der Waals surface area contributed by atoms with Crippen LogP contribution in [0.2, 0.25) is 0 Å². The van der Waals surface area contributed by atoms with E-state index in [1.165, 1.54) is 6.07 Å². The third kappa shape index (κ3) is 3.59. The van der Waals surface area contributed by atoms with E-state index in [4.69, 9.17) is 14.5 Å². The number of hydrogen-bond donors (Lipinski definition) is 2. The lowest BCUT2D eigenvalue weighted by Crippen LogP contribution is -2.21. The second-order valence-electron chi connectivity index (χ2n) is 4.72. The first-order valence-corrected chi connectivity index (χ1v) is 9.05. The Hall–Kier alpha value is -0.920. The molecule has 2 N–H and O–H groups in total. The van der Waals surface area contributed by atoms with Gasteiger partial charge in [-0.2, -0.15) is 0 Å². The van der Waals surface area contributed by atoms with Crippen LogP contribution in [0.4, 0.5) is 0 Å². The normalized spacial score (nSPS) is 19.2. The Balaban J connectivity index is 2.33. The number of fused-ring (bicyclic) bond motifs is 1. The van der Waals surface area contributed by atoms with Crippen molar-refractivity contribution in [1.82, 2.24) is 0 Å². The molecular formula is C11H15O7PS. The number of phosphoric acid groups is 1. The predicted molar refractivity (Wildman–Crippen MR) is 70.0 cm³/mol. The van der Waals surface area contributed by atoms with Crippen LogP contribution in [0.15, 0.2) is 23.1 Å². The topological polar surface area (TPSA) is 110 Å². The van der Waals surface area contributed by atoms with E-state index in [9.17, 15) is 13.0 Å². The van der Waals surface area contributed by atoms with Gasteiger partial charge in [0.2, 0.25) is 9.84 Å². The maximum atomic E-state index is 12.1. The summed E-state index contributed by atoms with van der Waals surface area (Å²) in [5, 5.41) is 0. The van der Waals surface area contributed by atoms with Crippen LogP contribution in [0.25, 0.3) is 0 Å². The Kier molecular flexibility index (Phi) is 4.22. The van der Waals surface area contributed by atoms with E-state index in [2.05, 4.69) is 4.52 Å². The minimum absolute atomic E-state index is 0.102. The number of ether oxygens (including phenoxy) is 1. The first-order chi connectivity index (χ1) is 9.19. The van der Waals surface area contributed by atoms with Crippen LogP contribution in [0, 0.1) is 5.92 Å². The van der Waals surface area contributed by atoms with Gasteiger partial charge >= 0.3 is 7.82 Å². The maximum Gasteiger partial charge on any atom is 0.470 e. The summed E-state index contributed by atoms with van der Waals surface area (Å²) in [4.78, 5) is 17.1. The van der Waals surface area contributed by atoms with Gasteiger partial charge < -0.3 is 14.5 Å². The van der Waals surface area contributed by atoms with Crippen molar-refractivity contribution in [2.75, 3.05) is 12.5 Å². The van der Waals surface area contributed by atoms with Crippen LogP contribution < -0.4 is 4.74 Å². The number of hydrogen-bond acceptors (Lipinski definition) is 5. The highest BCUT2D eigenvalue weighted by atomic mass is 32.2. The standard InChI is InChI=1S/C11H15O7PS/c1-8-5-9-3-2-4-10(11(9)17-6-8)20(15,16)7-18-19(12,13)14/h2-4,8H,5-7H2,1H3,(H2,12,13,14). The summed E-state index contributed by atoms with van der Waals surface area (Å²) in [5.74, 6) is -0.557. The third-order valence-corrected chi connectivity index (χ3v) is 4.91. The van der Waals surface area contributed by atoms with Crippen molar-refractivity contribution in [2.45, 2.75) is 18.2 Å². The molecular weight excluding hydrogens is 307 g/mol. The Morgan fingerprint density at radius 3 is 2.80 bits per heavy atom. The van der Waals surface area contributed by atoms with E-state index < -0.39 is 23.6 Å². The van der Waals surface area contributed by atoms with E-state index >= 15 is 0 Å². The maximum absolute atomic E-state index is 12.1. The molecule has 7 nitrogen and oxygen atoms in total. The SMILES string of the molecule is CC1COc2c(cccc2S(=O)(=O)COP(=O)(O)O)C1. The summed E-state index contributed by atoms with van der Waals surface area (Å²) in [6, 6.07) is 4.69. The first-order valence-electron chi connectivity index (χ1n) is 5.86. The number of benzene rings is 1. The molecule has 0 saturated heterocycles. The van der Waals surface area contributed by atoms with Gasteiger partial charge in [-0.3, -0.25) is 4.52 Å². The molecule has 0 aliphatic carbocycles. The van der Waals surface area contributed by atoms with Crippen LogP contribution in [0.5, 0.6) is 5.75 Å². The molecule has 9 heteroatoms. The molecule has 1 aromatic rings. The van der Waals surface area contributed by atoms with Crippen molar-refractivity contribution in [2.24, 2.45) is 5.92 Å². The molecule has 0 aromatic heterocycles. The Morgan fingerprint density at radius 1 is 1.45 bits per heavy atom. The van der Waals surface area contributed by atoms with Crippen molar-refractivity contribution in [1.29, 1.82) is 0 Å². The number of sulfone groups is 1. The predicted octanol–water partition coefficient (Wildman–Crippen LogP) is 1.10. The van der Waals surface area contributed by atoms with Crippen LogP contribution in [0.1, 0.15) is 12.5 Å². The van der Waals surface area contributed by atoms with Crippen molar-refractivity contribution >= 4 is 17.7 Å². The van der Waals surface area contributed by atoms with Gasteiger partial charge in [-0.15, -0.1) is 0 Å². The van der Waals surface area contributed by atoms with Crippen molar-refractivity contribution in [3.63, 3.8) is 0 Å². The summed E-state index contributed by atoms with van der Waals surface area (Å²) in [6.07, 6.45) is 0.693. The lowest BCUT2D eigenvalue weighted by Gasteiger charge is -2.24. The minimum atomic E-state index is -4.84. The summed E-state index contributed by atoms with van der Waals surface area (Å²) in [7, 11) is -8.83. The third-order valence-electron chi connectivity index (χ3n) is 2.85. The summed E-state index contributed by atoms with van der Waals surface area (Å²) < 4.78 is 44.3. The molecule has 0 radical (unpaired) electrons. The fraction of sp³-hybridized carbons (Fsp3) is 0.455. The molecule has 1 unspecified atom stereocenters. The molecule has 1 heterocycles. The van der Waals surface area contributed by atoms with Gasteiger partial charge in [-0.1, -0.05) is 19.1 Å². The first kappa shape index (κ1) is 15.5. The zero-order valence-corrected chi connectivity index (χ0v) is 12.4. The highest BCUT2D eigenvalue weighted by Gasteiger charge is 2.28. The molecule has 112 valence electrons. The van der Waals surface area contributed by atoms with Gasteiger partial charge in [-0.05, 0) is 24.0 Å². The second kappa shape index (κ2) is 5.46. The smallest absolute Gasteiger partial charge is 0.470 e. The molecule has 0 spiro atoms. The van der Waals surface area contributed by atoms with Crippen LogP contribution in [0.3, 0.4) is 0 Å². The zero-order chi connectivity index (χ0) is 15.0. The largest absolute Gasteiger partial charge is 0.492 e. The fourth-order valence-electron chi connectivity index (χ4n) is 1.99. The molecule has 1 aliphatic rings. The minimum Gasteiger partial charge on any atom is -0.492 e. The molecule has 1 aliphatic heterocycles. The molecule has 0 amide bonds. The molecule has 20 heavy (non-hydrogen) atoms. The van der Waals surface area contributed by atoms with Gasteiger partial charge in [0, 0.05) is 0 Å². The summed E-state index contributed by atoms with van der Waals surface area (Å²) >= 11 is 0. The van der Waals surface area contributed by atoms with E-state index in [0.717, 1.165) is 5.56 Å². The van der Waals surface area contributed by atoms with Crippen molar-refractivity contribution in [3.8, 4) is 5.75 Å². The Labute approximate surface area is 116 Å². The number of rotatable bonds is 4. The van der Waals surface area contributed by atoms with Crippen molar-refractivity contribution in [3.05, 3.63) is 23.8 Å². The fourth-order valence-corrected chi connectivity index (χ4v) is 3.98. The number of para-hydroxylation sites is 1. The molecule has 1 aromatic carbocycles. The van der Waals surface area contributed by atoms with E-state index in [0.29, 0.717) is 13.0 Å². The summed E-state index contributed by atoms with van der Waals surface area (Å²) in [5.41, 5.74) is 0.765. The number of phosphoric ester groups is 1. The molecule has 0 fully saturated rings. The lowest BCUT2D eigenvalue weighted by atomic mass is 9.99. The second-order valence-corrected chi connectivity index (χ2v) is 7.86. The Bertz CT molecular complexity index is 649. The van der Waals surface area contributed by atoms with Crippen LogP contribution in [-0.4, -0.2) is 30.8 Å². The molecule has 1 atom stereocenters. The van der Waals surface area contributed by atoms with E-state index in [-0.39, 0.29) is 16.6 Å². The van der Waals surface area contributed by atoms with Crippen LogP contribution >= 0.6 is 7.82 Å². The average Bonchev–Trinajstić information content (AvgIpc) is 2.34. The monoisotopic (exact) mass is 322 g/mol. The van der Waals surface area contributed by atoms with Gasteiger partial charge in [0.25, 0.3) is 0 Å². The zero-order valence-electron chi connectivity index (χ0n) is 10.7. The highest BCUT2D eigenvalue weighted by Crippen LogP contribution is 2.39. The molecule has 0 bridgehead atoms. The van der Waals surface area contributed by atoms with Gasteiger partial charge in [0.1, 0.15) is 10.6 Å². The van der Waals surface area contributed by atoms with Gasteiger partial charge in [-0.25, -0.2) is 13.0 Å². The van der Waals surface area contributed by atoms with E-state index in [1.807, 2.05) is 6.92 Å². The average molecular weight is 322 g/mol. The van der Waals surface area contributed by atoms with Gasteiger partial charge in [0.05, 0.1) is 6.61 Å². The summed E-state index contributed by atoms with van der Waals surface area (Å²) in [6.45, 7) is 2.39. The van der Waals surface area contributed by atoms with Crippen LogP contribution in [-0.2, 0) is 25.3 Å². The molecule has 2 rings (SSSR count). The van der Waals surface area contributed by atoms with E-state index in [1.54, 1.807) is 12.1 Å². The Morgan fingerprint density at radius 2 is 2.15 bits per heavy atom. The molecule has 0 saturated carbocycles. The lowest BCUT2D eigenvalue weighted by molar-refractivity contribution is 0.220. The van der Waals surface area contributed by atoms with Gasteiger partial charge in [0.15, 0.2) is 5.94 Å².